The van der Waals surface area contributed by atoms with E-state index in [0.29, 0.717) is 17.8 Å². The molecule has 114 valence electrons. The third-order valence-corrected chi connectivity index (χ3v) is 3.81. The number of methoxy groups -OCH3 is 1. The average Bonchev–Trinajstić information content (AvgIpc) is 2.40. The Kier molecular flexibility index (Phi) is 7.86. The van der Waals surface area contributed by atoms with Crippen LogP contribution in [0.4, 0.5) is 0 Å². The Labute approximate surface area is 124 Å². The second kappa shape index (κ2) is 9.15. The third-order valence-electron chi connectivity index (χ3n) is 3.81. The van der Waals surface area contributed by atoms with Crippen LogP contribution in [0.1, 0.15) is 31.9 Å². The molecule has 2 heteroatoms. The molecule has 0 fully saturated rings. The molecule has 1 aromatic carbocycles. The molecule has 0 aliphatic heterocycles. The maximum atomic E-state index is 5.34. The summed E-state index contributed by atoms with van der Waals surface area (Å²) in [5, 5.41) is 3.60. The van der Waals surface area contributed by atoms with Crippen molar-refractivity contribution >= 4 is 0 Å². The molecular formula is C18H31NO. The van der Waals surface area contributed by atoms with E-state index in [1.807, 2.05) is 0 Å². The van der Waals surface area contributed by atoms with Crippen LogP contribution in [0.5, 0.6) is 0 Å². The minimum atomic E-state index is 0.570. The summed E-state index contributed by atoms with van der Waals surface area (Å²) >= 11 is 0. The molecule has 0 aromatic heterocycles. The van der Waals surface area contributed by atoms with E-state index in [2.05, 4.69) is 57.3 Å². The first-order valence-electron chi connectivity index (χ1n) is 7.78. The lowest BCUT2D eigenvalue weighted by atomic mass is 9.88. The van der Waals surface area contributed by atoms with Crippen molar-refractivity contribution in [3.05, 3.63) is 35.4 Å². The maximum absolute atomic E-state index is 5.34. The molecule has 1 rings (SSSR count). The van der Waals surface area contributed by atoms with Gasteiger partial charge in [-0.25, -0.2) is 0 Å². The van der Waals surface area contributed by atoms with Crippen molar-refractivity contribution in [2.75, 3.05) is 26.8 Å². The van der Waals surface area contributed by atoms with Crippen LogP contribution < -0.4 is 5.32 Å². The molecule has 2 unspecified atom stereocenters. The topological polar surface area (TPSA) is 21.3 Å². The van der Waals surface area contributed by atoms with E-state index in [1.54, 1.807) is 7.11 Å². The van der Waals surface area contributed by atoms with Crippen molar-refractivity contribution in [3.63, 3.8) is 0 Å². The van der Waals surface area contributed by atoms with E-state index in [9.17, 15) is 0 Å². The monoisotopic (exact) mass is 277 g/mol. The summed E-state index contributed by atoms with van der Waals surface area (Å²) in [7, 11) is 1.79. The van der Waals surface area contributed by atoms with Crippen molar-refractivity contribution in [3.8, 4) is 0 Å². The third kappa shape index (κ3) is 6.53. The summed E-state index contributed by atoms with van der Waals surface area (Å²) < 4.78 is 5.34. The summed E-state index contributed by atoms with van der Waals surface area (Å²) in [6.07, 6.45) is 1.12. The largest absolute Gasteiger partial charge is 0.384 e. The van der Waals surface area contributed by atoms with Crippen LogP contribution in [-0.2, 0) is 11.2 Å². The Balaban J connectivity index is 2.58. The standard InChI is InChI=1S/C18H31NO/c1-14(2)11-19-12-18(16(4)13-20-5)10-17-8-6-15(3)7-9-17/h6-9,14,16,18-19H,10-13H2,1-5H3. The summed E-state index contributed by atoms with van der Waals surface area (Å²) in [4.78, 5) is 0. The number of hydrogen-bond donors (Lipinski definition) is 1. The fourth-order valence-corrected chi connectivity index (χ4v) is 2.46. The molecular weight excluding hydrogens is 246 g/mol. The number of rotatable bonds is 9. The SMILES string of the molecule is COCC(C)C(CNCC(C)C)Cc1ccc(C)cc1. The van der Waals surface area contributed by atoms with Crippen LogP contribution in [0.2, 0.25) is 0 Å². The lowest BCUT2D eigenvalue weighted by Gasteiger charge is -2.24. The average molecular weight is 277 g/mol. The zero-order valence-corrected chi connectivity index (χ0v) is 13.8. The van der Waals surface area contributed by atoms with Gasteiger partial charge in [-0.2, -0.15) is 0 Å². The minimum absolute atomic E-state index is 0.570. The van der Waals surface area contributed by atoms with Gasteiger partial charge < -0.3 is 10.1 Å². The molecule has 1 aromatic rings. The molecule has 0 amide bonds. The van der Waals surface area contributed by atoms with Gasteiger partial charge in [0.25, 0.3) is 0 Å². The minimum Gasteiger partial charge on any atom is -0.384 e. The summed E-state index contributed by atoms with van der Waals surface area (Å²) in [6, 6.07) is 8.92. The van der Waals surface area contributed by atoms with Crippen LogP contribution in [-0.4, -0.2) is 26.8 Å². The first kappa shape index (κ1) is 17.2. The van der Waals surface area contributed by atoms with E-state index in [4.69, 9.17) is 4.74 Å². The van der Waals surface area contributed by atoms with Crippen molar-refractivity contribution in [2.45, 2.75) is 34.1 Å². The smallest absolute Gasteiger partial charge is 0.0491 e. The van der Waals surface area contributed by atoms with Gasteiger partial charge in [0, 0.05) is 13.7 Å². The van der Waals surface area contributed by atoms with Crippen molar-refractivity contribution < 1.29 is 4.74 Å². The molecule has 0 spiro atoms. The molecule has 0 bridgehead atoms. The van der Waals surface area contributed by atoms with E-state index in [0.717, 1.165) is 26.1 Å². The summed E-state index contributed by atoms with van der Waals surface area (Å²) in [6.45, 7) is 11.9. The van der Waals surface area contributed by atoms with Crippen molar-refractivity contribution in [1.82, 2.24) is 5.32 Å². The Morgan fingerprint density at radius 1 is 1.05 bits per heavy atom. The van der Waals surface area contributed by atoms with Gasteiger partial charge in [0.2, 0.25) is 0 Å². The highest BCUT2D eigenvalue weighted by molar-refractivity contribution is 5.21. The molecule has 0 aliphatic rings. The Morgan fingerprint density at radius 2 is 1.70 bits per heavy atom. The summed E-state index contributed by atoms with van der Waals surface area (Å²) in [5.74, 6) is 1.89. The number of aryl methyl sites for hydroxylation is 1. The molecule has 2 atom stereocenters. The highest BCUT2D eigenvalue weighted by atomic mass is 16.5. The highest BCUT2D eigenvalue weighted by Crippen LogP contribution is 2.18. The molecule has 1 N–H and O–H groups in total. The predicted octanol–water partition coefficient (Wildman–Crippen LogP) is 3.68. The van der Waals surface area contributed by atoms with Crippen molar-refractivity contribution in [2.24, 2.45) is 17.8 Å². The molecule has 0 radical (unpaired) electrons. The molecule has 2 nitrogen and oxygen atoms in total. The Morgan fingerprint density at radius 3 is 2.25 bits per heavy atom. The van der Waals surface area contributed by atoms with E-state index in [-0.39, 0.29) is 0 Å². The van der Waals surface area contributed by atoms with Crippen LogP contribution in [0, 0.1) is 24.7 Å². The fraction of sp³-hybridized carbons (Fsp3) is 0.667. The second-order valence-electron chi connectivity index (χ2n) is 6.43. The van der Waals surface area contributed by atoms with Crippen LogP contribution in [0.3, 0.4) is 0 Å². The number of hydrogen-bond acceptors (Lipinski definition) is 2. The van der Waals surface area contributed by atoms with Gasteiger partial charge in [-0.15, -0.1) is 0 Å². The van der Waals surface area contributed by atoms with Gasteiger partial charge in [-0.05, 0) is 49.8 Å². The molecule has 0 saturated heterocycles. The van der Waals surface area contributed by atoms with E-state index < -0.39 is 0 Å². The number of nitrogens with one attached hydrogen (secondary N) is 1. The zero-order valence-electron chi connectivity index (χ0n) is 13.8. The zero-order chi connectivity index (χ0) is 15.0. The first-order chi connectivity index (χ1) is 9.52. The van der Waals surface area contributed by atoms with Gasteiger partial charge in [0.1, 0.15) is 0 Å². The number of ether oxygens (including phenoxy) is 1. The molecule has 20 heavy (non-hydrogen) atoms. The lowest BCUT2D eigenvalue weighted by molar-refractivity contribution is 0.128. The first-order valence-corrected chi connectivity index (χ1v) is 7.78. The maximum Gasteiger partial charge on any atom is 0.0491 e. The fourth-order valence-electron chi connectivity index (χ4n) is 2.46. The highest BCUT2D eigenvalue weighted by Gasteiger charge is 2.17. The van der Waals surface area contributed by atoms with Crippen LogP contribution in [0.15, 0.2) is 24.3 Å². The van der Waals surface area contributed by atoms with Gasteiger partial charge in [-0.3, -0.25) is 0 Å². The predicted molar refractivity (Wildman–Crippen MR) is 87.1 cm³/mol. The molecule has 0 saturated carbocycles. The van der Waals surface area contributed by atoms with Gasteiger partial charge >= 0.3 is 0 Å². The Bertz CT molecular complexity index is 358. The lowest BCUT2D eigenvalue weighted by Crippen LogP contribution is -2.32. The van der Waals surface area contributed by atoms with Gasteiger partial charge in [0.05, 0.1) is 0 Å². The van der Waals surface area contributed by atoms with E-state index >= 15 is 0 Å². The molecule has 0 aliphatic carbocycles. The van der Waals surface area contributed by atoms with Crippen LogP contribution in [0.25, 0.3) is 0 Å². The second-order valence-corrected chi connectivity index (χ2v) is 6.43. The van der Waals surface area contributed by atoms with Crippen LogP contribution >= 0.6 is 0 Å². The van der Waals surface area contributed by atoms with Gasteiger partial charge in [0.15, 0.2) is 0 Å². The van der Waals surface area contributed by atoms with E-state index in [1.165, 1.54) is 11.1 Å². The number of benzene rings is 1. The normalized spacial score (nSPS) is 14.5. The summed E-state index contributed by atoms with van der Waals surface area (Å²) in [5.41, 5.74) is 2.75. The van der Waals surface area contributed by atoms with Crippen molar-refractivity contribution in [1.29, 1.82) is 0 Å². The van der Waals surface area contributed by atoms with Gasteiger partial charge in [-0.1, -0.05) is 50.6 Å². The Hall–Kier alpha value is -0.860. The quantitative estimate of drug-likeness (QED) is 0.743. The molecule has 0 heterocycles.